The fourth-order valence-corrected chi connectivity index (χ4v) is 7.13. The molecule has 0 N–H and O–H groups in total. The maximum Gasteiger partial charge on any atom is 0.306 e. The molecule has 0 spiro atoms. The Hall–Kier alpha value is -2.89. The normalized spacial score (nSPS) is 12.5. The van der Waals surface area contributed by atoms with E-state index >= 15 is 0 Å². The Bertz CT molecular complexity index is 1120. The highest BCUT2D eigenvalue weighted by atomic mass is 16.6. The Labute approximate surface area is 377 Å². The first-order valence-electron chi connectivity index (χ1n) is 25.8. The quantitative estimate of drug-likeness (QED) is 0.0263. The number of hydrogen-bond acceptors (Lipinski definition) is 6. The monoisotopic (exact) mass is 853 g/mol. The van der Waals surface area contributed by atoms with Crippen LogP contribution in [0.25, 0.3) is 0 Å². The average molecular weight is 853 g/mol. The average Bonchev–Trinajstić information content (AvgIpc) is 3.26. The molecule has 0 aromatic carbocycles. The molecule has 0 rings (SSSR count). The SMILES string of the molecule is CC/C=C\C/C=C\C/C=C\C/C=C\CCCCC(=O)OC(COC(=O)CCCCCCC)COC(=O)CCCCCCCCCCCCC/C=C\CCCCCCCCCC. The van der Waals surface area contributed by atoms with Gasteiger partial charge in [0.15, 0.2) is 6.10 Å². The largest absolute Gasteiger partial charge is 0.462 e. The third kappa shape index (κ3) is 48.0. The van der Waals surface area contributed by atoms with Crippen molar-refractivity contribution in [3.63, 3.8) is 0 Å². The summed E-state index contributed by atoms with van der Waals surface area (Å²) in [4.78, 5) is 37.6. The van der Waals surface area contributed by atoms with Crippen LogP contribution in [0.3, 0.4) is 0 Å². The molecule has 0 aliphatic carbocycles. The fourth-order valence-electron chi connectivity index (χ4n) is 7.13. The zero-order chi connectivity index (χ0) is 44.4. The third-order valence-electron chi connectivity index (χ3n) is 11.0. The molecule has 0 fully saturated rings. The van der Waals surface area contributed by atoms with Crippen molar-refractivity contribution in [2.75, 3.05) is 13.2 Å². The molecule has 0 saturated heterocycles. The number of ether oxygens (including phenoxy) is 3. The lowest BCUT2D eigenvalue weighted by Crippen LogP contribution is -2.30. The molecule has 0 radical (unpaired) electrons. The van der Waals surface area contributed by atoms with Crippen molar-refractivity contribution in [3.05, 3.63) is 60.8 Å². The van der Waals surface area contributed by atoms with E-state index in [1.165, 1.54) is 122 Å². The van der Waals surface area contributed by atoms with Crippen LogP contribution in [0.4, 0.5) is 0 Å². The van der Waals surface area contributed by atoms with Crippen LogP contribution in [-0.4, -0.2) is 37.2 Å². The van der Waals surface area contributed by atoms with E-state index in [1.54, 1.807) is 0 Å². The van der Waals surface area contributed by atoms with Gasteiger partial charge in [-0.3, -0.25) is 14.4 Å². The molecule has 0 amide bonds. The number of esters is 3. The minimum absolute atomic E-state index is 0.0909. The van der Waals surface area contributed by atoms with Gasteiger partial charge in [-0.25, -0.2) is 0 Å². The van der Waals surface area contributed by atoms with Crippen LogP contribution >= 0.6 is 0 Å². The number of allylic oxidation sites excluding steroid dienone is 10. The van der Waals surface area contributed by atoms with Gasteiger partial charge >= 0.3 is 17.9 Å². The van der Waals surface area contributed by atoms with E-state index in [0.717, 1.165) is 83.5 Å². The summed E-state index contributed by atoms with van der Waals surface area (Å²) < 4.78 is 16.6. The lowest BCUT2D eigenvalue weighted by Gasteiger charge is -2.18. The fraction of sp³-hybridized carbons (Fsp3) is 0.764. The van der Waals surface area contributed by atoms with Crippen molar-refractivity contribution in [1.82, 2.24) is 0 Å². The standard InChI is InChI=1S/C55H96O6/c1-4-7-10-13-15-17-19-21-23-24-25-26-27-28-29-30-32-33-35-37-39-42-45-48-54(57)60-51-52(50-59-53(56)47-44-41-12-9-6-3)61-55(58)49-46-43-40-38-36-34-31-22-20-18-16-14-11-8-5-2/h8,11,16,18,22,24-25,31,36,38,52H,4-7,9-10,12-15,17,19-21,23,26-30,32-35,37,39-51H2,1-3H3/b11-8-,18-16-,25-24-,31-22-,38-36-. The van der Waals surface area contributed by atoms with E-state index in [0.29, 0.717) is 19.3 Å². The number of rotatable bonds is 46. The summed E-state index contributed by atoms with van der Waals surface area (Å²) in [6.45, 7) is 6.41. The molecule has 0 aromatic heterocycles. The van der Waals surface area contributed by atoms with Crippen molar-refractivity contribution in [3.8, 4) is 0 Å². The lowest BCUT2D eigenvalue weighted by atomic mass is 10.0. The van der Waals surface area contributed by atoms with Crippen LogP contribution < -0.4 is 0 Å². The zero-order valence-electron chi connectivity index (χ0n) is 40.2. The number of hydrogen-bond donors (Lipinski definition) is 0. The first-order valence-corrected chi connectivity index (χ1v) is 25.8. The van der Waals surface area contributed by atoms with Gasteiger partial charge in [0.05, 0.1) is 0 Å². The molecule has 1 unspecified atom stereocenters. The van der Waals surface area contributed by atoms with Crippen molar-refractivity contribution < 1.29 is 28.6 Å². The summed E-state index contributed by atoms with van der Waals surface area (Å²) >= 11 is 0. The maximum atomic E-state index is 12.7. The predicted octanol–water partition coefficient (Wildman–Crippen LogP) is 16.9. The van der Waals surface area contributed by atoms with E-state index in [2.05, 4.69) is 81.5 Å². The molecule has 352 valence electrons. The zero-order valence-corrected chi connectivity index (χ0v) is 40.2. The minimum Gasteiger partial charge on any atom is -0.462 e. The highest BCUT2D eigenvalue weighted by Crippen LogP contribution is 2.15. The van der Waals surface area contributed by atoms with E-state index in [1.807, 2.05) is 0 Å². The van der Waals surface area contributed by atoms with Crippen LogP contribution in [0.15, 0.2) is 60.8 Å². The molecule has 61 heavy (non-hydrogen) atoms. The van der Waals surface area contributed by atoms with Crippen LogP contribution in [0, 0.1) is 0 Å². The van der Waals surface area contributed by atoms with Gasteiger partial charge in [-0.1, -0.05) is 210 Å². The Morgan fingerprint density at radius 1 is 0.344 bits per heavy atom. The molecule has 0 aliphatic heterocycles. The van der Waals surface area contributed by atoms with Crippen LogP contribution in [-0.2, 0) is 28.6 Å². The summed E-state index contributed by atoms with van der Waals surface area (Å²) in [6, 6.07) is 0. The van der Waals surface area contributed by atoms with Crippen molar-refractivity contribution in [2.24, 2.45) is 0 Å². The smallest absolute Gasteiger partial charge is 0.306 e. The molecular weight excluding hydrogens is 757 g/mol. The molecule has 1 atom stereocenters. The minimum atomic E-state index is -0.791. The summed E-state index contributed by atoms with van der Waals surface area (Å²) in [6.07, 6.45) is 61.1. The highest BCUT2D eigenvalue weighted by molar-refractivity contribution is 5.71. The van der Waals surface area contributed by atoms with Crippen molar-refractivity contribution >= 4 is 17.9 Å². The van der Waals surface area contributed by atoms with Gasteiger partial charge in [0.25, 0.3) is 0 Å². The van der Waals surface area contributed by atoms with Gasteiger partial charge in [-0.2, -0.15) is 0 Å². The van der Waals surface area contributed by atoms with E-state index in [9.17, 15) is 14.4 Å². The Morgan fingerprint density at radius 3 is 1.05 bits per heavy atom. The molecular formula is C55H96O6. The van der Waals surface area contributed by atoms with E-state index in [4.69, 9.17) is 14.2 Å². The van der Waals surface area contributed by atoms with E-state index in [-0.39, 0.29) is 37.5 Å². The third-order valence-corrected chi connectivity index (χ3v) is 11.0. The highest BCUT2D eigenvalue weighted by Gasteiger charge is 2.19. The second-order valence-corrected chi connectivity index (χ2v) is 17.1. The van der Waals surface area contributed by atoms with E-state index < -0.39 is 6.10 Å². The van der Waals surface area contributed by atoms with Gasteiger partial charge < -0.3 is 14.2 Å². The Balaban J connectivity index is 4.14. The van der Waals surface area contributed by atoms with Crippen molar-refractivity contribution in [1.29, 1.82) is 0 Å². The first-order chi connectivity index (χ1) is 30.0. The van der Waals surface area contributed by atoms with Gasteiger partial charge in [0.2, 0.25) is 0 Å². The molecule has 0 aromatic rings. The molecule has 6 nitrogen and oxygen atoms in total. The Kier molecular flexibility index (Phi) is 47.4. The first kappa shape index (κ1) is 58.1. The van der Waals surface area contributed by atoms with Gasteiger partial charge in [-0.15, -0.1) is 0 Å². The van der Waals surface area contributed by atoms with Crippen molar-refractivity contribution in [2.45, 2.75) is 258 Å². The maximum absolute atomic E-state index is 12.7. The second-order valence-electron chi connectivity index (χ2n) is 17.1. The summed E-state index contributed by atoms with van der Waals surface area (Å²) in [5.41, 5.74) is 0. The number of unbranched alkanes of at least 4 members (excludes halogenated alkanes) is 25. The molecule has 6 heteroatoms. The van der Waals surface area contributed by atoms with Crippen LogP contribution in [0.5, 0.6) is 0 Å². The van der Waals surface area contributed by atoms with Gasteiger partial charge in [0, 0.05) is 19.3 Å². The summed E-state index contributed by atoms with van der Waals surface area (Å²) in [5.74, 6) is -0.946. The second kappa shape index (κ2) is 49.8. The number of carbonyl (C=O) groups is 3. The summed E-state index contributed by atoms with van der Waals surface area (Å²) in [5, 5.41) is 0. The lowest BCUT2D eigenvalue weighted by molar-refractivity contribution is -0.167. The van der Waals surface area contributed by atoms with Gasteiger partial charge in [-0.05, 0) is 83.5 Å². The molecule has 0 aliphatic rings. The molecule has 0 bridgehead atoms. The topological polar surface area (TPSA) is 78.9 Å². The van der Waals surface area contributed by atoms with Crippen LogP contribution in [0.1, 0.15) is 252 Å². The predicted molar refractivity (Wildman–Crippen MR) is 261 cm³/mol. The molecule has 0 heterocycles. The molecule has 0 saturated carbocycles. The Morgan fingerprint density at radius 2 is 0.639 bits per heavy atom. The van der Waals surface area contributed by atoms with Crippen LogP contribution in [0.2, 0.25) is 0 Å². The van der Waals surface area contributed by atoms with Gasteiger partial charge in [0.1, 0.15) is 13.2 Å². The number of carbonyl (C=O) groups excluding carboxylic acids is 3. The summed E-state index contributed by atoms with van der Waals surface area (Å²) in [7, 11) is 0.